The van der Waals surface area contributed by atoms with E-state index in [1.54, 1.807) is 75.4 Å². The molecule has 1 fully saturated rings. The van der Waals surface area contributed by atoms with E-state index in [9.17, 15) is 29.1 Å². The van der Waals surface area contributed by atoms with E-state index in [-0.39, 0.29) is 19.6 Å². The van der Waals surface area contributed by atoms with Crippen LogP contribution < -0.4 is 16.4 Å². The van der Waals surface area contributed by atoms with Crippen molar-refractivity contribution in [1.29, 1.82) is 0 Å². The number of esters is 1. The number of ether oxygens (including phenoxy) is 2. The number of aliphatic hydroxyl groups is 1. The first-order valence-electron chi connectivity index (χ1n) is 14.2. The maximum absolute atomic E-state index is 13.5. The zero-order valence-electron chi connectivity index (χ0n) is 24.7. The Kier molecular flexibility index (Phi) is 11.6. The molecule has 0 bridgehead atoms. The number of carbonyl (C=O) groups is 5. The lowest BCUT2D eigenvalue weighted by molar-refractivity contribution is -0.165. The van der Waals surface area contributed by atoms with Crippen molar-refractivity contribution in [2.45, 2.75) is 82.9 Å². The zero-order valence-corrected chi connectivity index (χ0v) is 24.7. The van der Waals surface area contributed by atoms with Gasteiger partial charge in [-0.05, 0) is 51.2 Å². The third kappa shape index (κ3) is 10.4. The monoisotopic (exact) mass is 596 g/mol. The van der Waals surface area contributed by atoms with E-state index in [0.717, 1.165) is 0 Å². The fourth-order valence-corrected chi connectivity index (χ4v) is 4.70. The van der Waals surface area contributed by atoms with Crippen molar-refractivity contribution in [2.24, 2.45) is 5.73 Å². The minimum absolute atomic E-state index is 0.0339. The quantitative estimate of drug-likeness (QED) is 0.267. The van der Waals surface area contributed by atoms with Crippen molar-refractivity contribution < 1.29 is 38.6 Å². The molecule has 2 unspecified atom stereocenters. The van der Waals surface area contributed by atoms with Crippen LogP contribution in [0.3, 0.4) is 0 Å². The van der Waals surface area contributed by atoms with E-state index in [1.165, 1.54) is 4.90 Å². The Hall–Kier alpha value is -4.45. The van der Waals surface area contributed by atoms with Crippen molar-refractivity contribution in [3.63, 3.8) is 0 Å². The number of benzene rings is 2. The van der Waals surface area contributed by atoms with Gasteiger partial charge in [0.15, 0.2) is 6.10 Å². The van der Waals surface area contributed by atoms with Crippen molar-refractivity contribution in [3.05, 3.63) is 71.8 Å². The molecule has 0 saturated carbocycles. The summed E-state index contributed by atoms with van der Waals surface area (Å²) in [5, 5.41) is 16.2. The number of rotatable bonds is 12. The fourth-order valence-electron chi connectivity index (χ4n) is 4.70. The molecule has 5 N–H and O–H groups in total. The highest BCUT2D eigenvalue weighted by molar-refractivity contribution is 5.92. The van der Waals surface area contributed by atoms with Crippen LogP contribution in [0.5, 0.6) is 0 Å². The van der Waals surface area contributed by atoms with E-state index in [0.29, 0.717) is 24.0 Å². The summed E-state index contributed by atoms with van der Waals surface area (Å²) >= 11 is 0. The number of nitrogens with two attached hydrogens (primary N) is 1. The molecule has 12 nitrogen and oxygen atoms in total. The molecular weight excluding hydrogens is 556 g/mol. The molecular formula is C31H40N4O8. The van der Waals surface area contributed by atoms with Gasteiger partial charge in [0.25, 0.3) is 5.91 Å². The minimum atomic E-state index is -1.76. The number of amides is 4. The molecule has 0 spiro atoms. The largest absolute Gasteiger partial charge is 0.458 e. The smallest absolute Gasteiger partial charge is 0.408 e. The van der Waals surface area contributed by atoms with Gasteiger partial charge in [-0.1, -0.05) is 60.7 Å². The van der Waals surface area contributed by atoms with Crippen molar-refractivity contribution in [1.82, 2.24) is 15.5 Å². The van der Waals surface area contributed by atoms with Crippen LogP contribution in [-0.2, 0) is 41.7 Å². The average molecular weight is 597 g/mol. The van der Waals surface area contributed by atoms with Crippen molar-refractivity contribution >= 4 is 29.8 Å². The molecule has 4 amide bonds. The number of carbonyl (C=O) groups excluding carboxylic acids is 5. The van der Waals surface area contributed by atoms with Gasteiger partial charge in [-0.15, -0.1) is 0 Å². The third-order valence-corrected chi connectivity index (χ3v) is 6.70. The van der Waals surface area contributed by atoms with Gasteiger partial charge in [0.1, 0.15) is 24.3 Å². The summed E-state index contributed by atoms with van der Waals surface area (Å²) in [6.45, 7) is 5.32. The zero-order chi connectivity index (χ0) is 31.6. The lowest BCUT2D eigenvalue weighted by Crippen LogP contribution is -2.58. The highest BCUT2D eigenvalue weighted by atomic mass is 16.6. The molecule has 2 aromatic rings. The Morgan fingerprint density at radius 3 is 2.16 bits per heavy atom. The SMILES string of the molecule is CC(C)(C)OC(=O)[C@@H]1CCCN1C(=O)C(O)C(Cc1ccccc1)NC(=O)[C@@H](CC(N)=O)NC(=O)OCc1ccccc1. The fraction of sp³-hybridized carbons (Fsp3) is 0.452. The normalized spacial score (nSPS) is 16.8. The van der Waals surface area contributed by atoms with Crippen LogP contribution in [0, 0.1) is 0 Å². The van der Waals surface area contributed by atoms with Crippen molar-refractivity contribution in [2.75, 3.05) is 6.54 Å². The van der Waals surface area contributed by atoms with Crippen LogP contribution in [0.15, 0.2) is 60.7 Å². The van der Waals surface area contributed by atoms with Gasteiger partial charge in [0.05, 0.1) is 12.5 Å². The Morgan fingerprint density at radius 2 is 1.58 bits per heavy atom. The van der Waals surface area contributed by atoms with E-state index in [1.807, 2.05) is 6.07 Å². The Bertz CT molecular complexity index is 1270. The number of nitrogens with zero attached hydrogens (tertiary/aromatic N) is 1. The number of hydrogen-bond acceptors (Lipinski definition) is 8. The molecule has 3 rings (SSSR count). The molecule has 2 aromatic carbocycles. The number of primary amides is 1. The van der Waals surface area contributed by atoms with Crippen LogP contribution in [0.25, 0.3) is 0 Å². The summed E-state index contributed by atoms with van der Waals surface area (Å²) in [4.78, 5) is 65.2. The van der Waals surface area contributed by atoms with Gasteiger partial charge in [0.2, 0.25) is 11.8 Å². The van der Waals surface area contributed by atoms with Gasteiger partial charge >= 0.3 is 12.1 Å². The summed E-state index contributed by atoms with van der Waals surface area (Å²) in [6.07, 6.45) is -2.33. The predicted octanol–water partition coefficient (Wildman–Crippen LogP) is 1.58. The first-order chi connectivity index (χ1) is 20.3. The van der Waals surface area contributed by atoms with Gasteiger partial charge in [-0.25, -0.2) is 9.59 Å². The van der Waals surface area contributed by atoms with Crippen LogP contribution in [-0.4, -0.2) is 76.2 Å². The van der Waals surface area contributed by atoms with Crippen LogP contribution in [0.4, 0.5) is 4.79 Å². The van der Waals surface area contributed by atoms with E-state index >= 15 is 0 Å². The summed E-state index contributed by atoms with van der Waals surface area (Å²) in [7, 11) is 0. The lowest BCUT2D eigenvalue weighted by atomic mass is 9.99. The van der Waals surface area contributed by atoms with Gasteiger partial charge < -0.3 is 35.8 Å². The molecule has 0 radical (unpaired) electrons. The molecule has 1 aliphatic heterocycles. The molecule has 1 saturated heterocycles. The number of aliphatic hydroxyl groups excluding tert-OH is 1. The standard InChI is InChI=1S/C31H40N4O8/c1-31(2,3)43-29(40)24-15-10-16-35(24)28(39)26(37)22(17-20-11-6-4-7-12-20)33-27(38)23(18-25(32)36)34-30(41)42-19-21-13-8-5-9-14-21/h4-9,11-14,22-24,26,37H,10,15-19H2,1-3H3,(H2,32,36)(H,33,38)(H,34,41)/t22?,23-,24+,26?/m1/s1. The maximum Gasteiger partial charge on any atom is 0.408 e. The van der Waals surface area contributed by atoms with Gasteiger partial charge in [0, 0.05) is 6.54 Å². The highest BCUT2D eigenvalue weighted by Gasteiger charge is 2.41. The second kappa shape index (κ2) is 15.1. The van der Waals surface area contributed by atoms with Crippen molar-refractivity contribution in [3.8, 4) is 0 Å². The van der Waals surface area contributed by atoms with Crippen LogP contribution in [0.2, 0.25) is 0 Å². The Morgan fingerprint density at radius 1 is 0.977 bits per heavy atom. The summed E-state index contributed by atoms with van der Waals surface area (Å²) in [5.74, 6) is -3.05. The van der Waals surface area contributed by atoms with Gasteiger partial charge in [-0.3, -0.25) is 14.4 Å². The number of hydrogen-bond donors (Lipinski definition) is 4. The summed E-state index contributed by atoms with van der Waals surface area (Å²) < 4.78 is 10.7. The topological polar surface area (TPSA) is 177 Å². The summed E-state index contributed by atoms with van der Waals surface area (Å²) in [5.41, 5.74) is 5.99. The molecule has 1 aliphatic rings. The predicted molar refractivity (Wildman–Crippen MR) is 156 cm³/mol. The van der Waals surface area contributed by atoms with E-state index < -0.39 is 66.0 Å². The second-order valence-electron chi connectivity index (χ2n) is 11.4. The molecule has 0 aromatic heterocycles. The Labute approximate surface area is 250 Å². The molecule has 1 heterocycles. The Balaban J connectivity index is 1.76. The van der Waals surface area contributed by atoms with Crippen LogP contribution in [0.1, 0.15) is 51.2 Å². The number of nitrogens with one attached hydrogen (secondary N) is 2. The highest BCUT2D eigenvalue weighted by Crippen LogP contribution is 2.23. The molecule has 4 atom stereocenters. The third-order valence-electron chi connectivity index (χ3n) is 6.70. The minimum Gasteiger partial charge on any atom is -0.458 e. The van der Waals surface area contributed by atoms with E-state index in [2.05, 4.69) is 10.6 Å². The molecule has 232 valence electrons. The number of likely N-dealkylation sites (tertiary alicyclic amines) is 1. The van der Waals surface area contributed by atoms with Crippen LogP contribution >= 0.6 is 0 Å². The molecule has 12 heteroatoms. The first kappa shape index (κ1) is 33.1. The first-order valence-corrected chi connectivity index (χ1v) is 14.2. The van der Waals surface area contributed by atoms with E-state index in [4.69, 9.17) is 15.2 Å². The number of alkyl carbamates (subject to hydrolysis) is 1. The van der Waals surface area contributed by atoms with Gasteiger partial charge in [-0.2, -0.15) is 0 Å². The lowest BCUT2D eigenvalue weighted by Gasteiger charge is -2.32. The maximum atomic E-state index is 13.5. The molecule has 0 aliphatic carbocycles. The summed E-state index contributed by atoms with van der Waals surface area (Å²) in [6, 6.07) is 14.2. The molecule has 43 heavy (non-hydrogen) atoms. The second-order valence-corrected chi connectivity index (χ2v) is 11.4. The average Bonchev–Trinajstić information content (AvgIpc) is 3.45.